The van der Waals surface area contributed by atoms with Crippen LogP contribution in [0.4, 0.5) is 34.1 Å². The van der Waals surface area contributed by atoms with E-state index in [1.54, 1.807) is 58.3 Å². The molecule has 0 aliphatic carbocycles. The molecule has 0 unspecified atom stereocenters. The van der Waals surface area contributed by atoms with E-state index in [0.29, 0.717) is 100 Å². The summed E-state index contributed by atoms with van der Waals surface area (Å²) in [6.45, 7) is 37.1. The minimum atomic E-state index is -1.04. The lowest BCUT2D eigenvalue weighted by Crippen LogP contribution is -2.52. The van der Waals surface area contributed by atoms with E-state index in [-0.39, 0.29) is 104 Å². The number of likely N-dealkylation sites (tertiary alicyclic amines) is 3. The number of hydrogen-bond acceptors (Lipinski definition) is 14. The van der Waals surface area contributed by atoms with Crippen LogP contribution in [0.15, 0.2) is 127 Å². The van der Waals surface area contributed by atoms with Crippen molar-refractivity contribution < 1.29 is 68.0 Å². The van der Waals surface area contributed by atoms with Crippen LogP contribution in [0, 0.1) is 51.3 Å². The van der Waals surface area contributed by atoms with Gasteiger partial charge in [0.1, 0.15) is 41.2 Å². The molecule has 6 aliphatic heterocycles. The van der Waals surface area contributed by atoms with Crippen molar-refractivity contribution in [3.05, 3.63) is 207 Å². The second-order valence-electron chi connectivity index (χ2n) is 31.9. The summed E-state index contributed by atoms with van der Waals surface area (Å²) in [5, 5.41) is 45.6. The summed E-state index contributed by atoms with van der Waals surface area (Å²) in [5.74, 6) is -2.32. The van der Waals surface area contributed by atoms with E-state index < -0.39 is 64.2 Å². The number of aromatic nitrogens is 3. The number of carboxylic acid groups (broad SMARTS) is 1. The van der Waals surface area contributed by atoms with Gasteiger partial charge in [-0.05, 0) is 147 Å². The van der Waals surface area contributed by atoms with Crippen LogP contribution in [0.2, 0.25) is 0 Å². The minimum absolute atomic E-state index is 0.0630. The van der Waals surface area contributed by atoms with Crippen LogP contribution in [0.3, 0.4) is 0 Å². The molecule has 6 aromatic carbocycles. The van der Waals surface area contributed by atoms with Gasteiger partial charge < -0.3 is 86.8 Å². The van der Waals surface area contributed by atoms with Gasteiger partial charge in [-0.1, -0.05) is 119 Å². The molecule has 8 amide bonds. The van der Waals surface area contributed by atoms with Crippen molar-refractivity contribution in [3.8, 4) is 5.75 Å². The van der Waals surface area contributed by atoms with E-state index in [9.17, 15) is 58.2 Å². The van der Waals surface area contributed by atoms with Crippen molar-refractivity contribution in [1.29, 1.82) is 0 Å². The summed E-state index contributed by atoms with van der Waals surface area (Å²) in [4.78, 5) is 153. The van der Waals surface area contributed by atoms with Gasteiger partial charge in [0.25, 0.3) is 11.8 Å². The van der Waals surface area contributed by atoms with Crippen LogP contribution in [-0.4, -0.2) is 181 Å². The highest BCUT2D eigenvalue weighted by atomic mass is 16.5. The first-order valence-electron chi connectivity index (χ1n) is 38.4. The molecule has 3 fully saturated rings. The third kappa shape index (κ3) is 15.9. The van der Waals surface area contributed by atoms with Gasteiger partial charge in [0, 0.05) is 69.4 Å². The number of fused-ring (bicyclic) bond motifs is 9. The molecule has 600 valence electrons. The Bertz CT molecular complexity index is 5560. The number of carbonyl (C=O) groups excluding carboxylic acids is 9. The van der Waals surface area contributed by atoms with Gasteiger partial charge in [0.05, 0.1) is 80.5 Å². The van der Waals surface area contributed by atoms with Gasteiger partial charge in [-0.25, -0.2) is 19.3 Å². The number of hydrogen-bond donors (Lipinski definition) is 12. The predicted octanol–water partition coefficient (Wildman–Crippen LogP) is 10.8. The Balaban J connectivity index is 0.000000149. The maximum atomic E-state index is 13.9. The number of carboxylic acids is 1. The number of carbonyl (C=O) groups is 10. The molecule has 13 N–H and O–H groups in total. The van der Waals surface area contributed by atoms with Crippen molar-refractivity contribution >= 4 is 126 Å². The standard InChI is InChI=1S/C29H31N5O4.C29H29N5O4.C18H25N3O3.C11H8N2O3/c2*1-16(2)9-25(32-26(36)24-12-20-17(3)10-18(30-4)11-23(20)31-24)27(37)34-15-29(13-19(34)14-35)21-7-5-6-8-22(21)33-28(29)38;1-11(2)7-14(19)16(23)21-10-18(8-12(21)9-22)13-5-3-4-6-15(13)20-17(18)24;1-12-6-3-8-7(10(4-6)16-2)5-9(13-8)11(14)15/h5-8,10-12,16,19,25,31,35H,9,13-15H2,1-3H3,(H,32,36)(H,33,38);5-8,10-12,14,16,19,25,31H,9,13,15H2,1-3H3,(H,32,36)(H,33,38);3-6,11-12,14,22H,7-10,19H2,1-2H3,(H,20,24);3-5,13H,2H3,(H,14,15)/t2*19-,25-,29-;12-,14-,18-;/m000./s1. The highest BCUT2D eigenvalue weighted by Gasteiger charge is 2.59. The molecular formula is C87H93N15O14. The monoisotopic (exact) mass is 1570 g/mol. The van der Waals surface area contributed by atoms with E-state index in [0.717, 1.165) is 50.0 Å². The Morgan fingerprint density at radius 3 is 1.28 bits per heavy atom. The van der Waals surface area contributed by atoms with Crippen LogP contribution in [-0.2, 0) is 49.8 Å². The van der Waals surface area contributed by atoms with Crippen LogP contribution in [0.1, 0.15) is 139 Å². The van der Waals surface area contributed by atoms with Crippen molar-refractivity contribution in [2.45, 2.75) is 146 Å². The average Bonchev–Trinajstić information content (AvgIpc) is 1.58. The Morgan fingerprint density at radius 1 is 0.526 bits per heavy atom. The summed E-state index contributed by atoms with van der Waals surface area (Å²) in [6.07, 6.45) is 2.99. The molecule has 3 saturated heterocycles. The first-order chi connectivity index (χ1) is 55.4. The number of nitrogens with two attached hydrogens (primary N) is 1. The molecule has 29 nitrogen and oxygen atoms in total. The second kappa shape index (κ2) is 33.6. The number of ether oxygens (including phenoxy) is 1. The lowest BCUT2D eigenvalue weighted by Gasteiger charge is -2.29. The number of aromatic amines is 3. The van der Waals surface area contributed by atoms with E-state index in [2.05, 4.69) is 56.1 Å². The Hall–Kier alpha value is -13.0. The number of nitrogens with one attached hydrogen (secondary N) is 8. The summed E-state index contributed by atoms with van der Waals surface area (Å²) in [6, 6.07) is 33.3. The zero-order valence-electron chi connectivity index (χ0n) is 65.8. The number of methoxy groups -OCH3 is 1. The first kappa shape index (κ1) is 82.4. The highest BCUT2D eigenvalue weighted by molar-refractivity contribution is 6.11. The van der Waals surface area contributed by atoms with Crippen molar-refractivity contribution in [2.24, 2.45) is 23.5 Å². The number of aliphatic hydroxyl groups is 2. The molecule has 15 rings (SSSR count). The largest absolute Gasteiger partial charge is 0.497 e. The maximum absolute atomic E-state index is 13.9. The number of rotatable bonds is 18. The zero-order valence-corrected chi connectivity index (χ0v) is 65.8. The number of aryl methyl sites for hydroxylation is 2. The number of para-hydroxylation sites is 3. The number of aliphatic hydroxyl groups excluding tert-OH is 2. The Labute approximate surface area is 669 Å². The zero-order chi connectivity index (χ0) is 83.6. The van der Waals surface area contributed by atoms with Gasteiger partial charge in [-0.3, -0.25) is 38.4 Å². The van der Waals surface area contributed by atoms with Crippen LogP contribution in [0.25, 0.3) is 47.2 Å². The lowest BCUT2D eigenvalue weighted by atomic mass is 9.79. The molecule has 6 aliphatic rings. The Kier molecular flexibility index (Phi) is 23.9. The van der Waals surface area contributed by atoms with Crippen LogP contribution in [0.5, 0.6) is 5.75 Å². The normalized spacial score (nSPS) is 20.6. The number of benzene rings is 6. The average molecular weight is 1570 g/mol. The van der Waals surface area contributed by atoms with Crippen molar-refractivity contribution in [1.82, 2.24) is 40.3 Å². The van der Waals surface area contributed by atoms with Gasteiger partial charge >= 0.3 is 5.97 Å². The fourth-order valence-electron chi connectivity index (χ4n) is 17.1. The molecule has 9 atom stereocenters. The number of anilines is 3. The summed E-state index contributed by atoms with van der Waals surface area (Å²) in [7, 11) is 1.48. The quantitative estimate of drug-likeness (QED) is 0.0281. The molecule has 116 heavy (non-hydrogen) atoms. The van der Waals surface area contributed by atoms with Crippen molar-refractivity contribution in [3.63, 3.8) is 0 Å². The van der Waals surface area contributed by atoms with E-state index >= 15 is 0 Å². The summed E-state index contributed by atoms with van der Waals surface area (Å²) < 4.78 is 5.11. The molecule has 0 bridgehead atoms. The van der Waals surface area contributed by atoms with Crippen LogP contribution < -0.4 is 37.1 Å². The molecule has 0 radical (unpaired) electrons. The maximum Gasteiger partial charge on any atom is 0.352 e. The highest BCUT2D eigenvalue weighted by Crippen LogP contribution is 2.50. The molecule has 9 aromatic rings. The third-order valence-electron chi connectivity index (χ3n) is 22.7. The number of aromatic carboxylic acids is 1. The summed E-state index contributed by atoms with van der Waals surface area (Å²) >= 11 is 0. The number of H-pyrrole nitrogens is 3. The first-order valence-corrected chi connectivity index (χ1v) is 38.4. The fourth-order valence-corrected chi connectivity index (χ4v) is 17.1. The molecule has 0 saturated carbocycles. The number of nitrogens with zero attached hydrogens (tertiary/aromatic N) is 6. The van der Waals surface area contributed by atoms with Gasteiger partial charge in [0.15, 0.2) is 17.1 Å². The van der Waals surface area contributed by atoms with Gasteiger partial charge in [-0.2, -0.15) is 0 Å². The molecule has 9 heterocycles. The van der Waals surface area contributed by atoms with E-state index in [1.165, 1.54) is 18.1 Å². The Morgan fingerprint density at radius 2 is 0.888 bits per heavy atom. The SMILES string of the molecule is CC(C)C[C@H](N)C(=O)N1C[C@]2(C[C@H]1CO)C(=O)Nc1ccccc12.[C-]#[N+]c1cc(C)c2cc(C(=O)N[C@@H](CC(C)C)C(=O)N3C[C@]4(C[C@H]3C=O)C(=O)Nc3ccccc34)[nH]c2c1.[C-]#[N+]c1cc(C)c2cc(C(=O)N[C@@H](CC(C)C)C(=O)N3C[C@]4(C[C@H]3CO)C(=O)Nc3ccccc34)[nH]c2c1.[C-]#[N+]c1cc(OC)c2cc(C(=O)O)[nH]c2c1. The van der Waals surface area contributed by atoms with Gasteiger partial charge in [-0.15, -0.1) is 0 Å². The molecule has 3 aromatic heterocycles. The molecular weight excluding hydrogens is 1480 g/mol. The van der Waals surface area contributed by atoms with Crippen LogP contribution >= 0.6 is 0 Å². The smallest absolute Gasteiger partial charge is 0.352 e. The third-order valence-corrected chi connectivity index (χ3v) is 22.7. The lowest BCUT2D eigenvalue weighted by molar-refractivity contribution is -0.137. The van der Waals surface area contributed by atoms with Gasteiger partial charge in [0.2, 0.25) is 35.4 Å². The number of aldehydes is 1. The second-order valence-corrected chi connectivity index (χ2v) is 31.9. The number of amides is 8. The predicted molar refractivity (Wildman–Crippen MR) is 436 cm³/mol. The fraction of sp³-hybridized carbons (Fsp3) is 0.368. The molecule has 29 heteroatoms. The van der Waals surface area contributed by atoms with E-state index in [4.69, 9.17) is 35.3 Å². The van der Waals surface area contributed by atoms with Crippen molar-refractivity contribution in [2.75, 3.05) is 55.9 Å². The topological polar surface area (TPSA) is 397 Å². The molecule has 3 spiro atoms. The minimum Gasteiger partial charge on any atom is -0.497 e. The summed E-state index contributed by atoms with van der Waals surface area (Å²) in [5.41, 5.74) is 13.8. The van der Waals surface area contributed by atoms with E-state index in [1.807, 2.05) is 128 Å².